The summed E-state index contributed by atoms with van der Waals surface area (Å²) >= 11 is 5.34. The Hall–Kier alpha value is -0.840. The Morgan fingerprint density at radius 1 is 1.33 bits per heavy atom. The largest absolute Gasteiger partial charge is 0.493 e. The smallest absolute Gasteiger partial charge is 0.126 e. The van der Waals surface area contributed by atoms with Gasteiger partial charge in [0, 0.05) is 23.0 Å². The highest BCUT2D eigenvalue weighted by Gasteiger charge is 2.20. The molecule has 0 radical (unpaired) electrons. The van der Waals surface area contributed by atoms with Gasteiger partial charge in [0.2, 0.25) is 0 Å². The van der Waals surface area contributed by atoms with Crippen molar-refractivity contribution >= 4 is 27.3 Å². The molecule has 1 aliphatic rings. The summed E-state index contributed by atoms with van der Waals surface area (Å²) in [5.74, 6) is 1.09. The number of para-hydroxylation sites is 1. The first-order valence-electron chi connectivity index (χ1n) is 7.44. The second-order valence-electron chi connectivity index (χ2n) is 5.45. The number of nitrogens with one attached hydrogen (secondary N) is 1. The first-order chi connectivity index (χ1) is 10.2. The van der Waals surface area contributed by atoms with E-state index in [9.17, 15) is 0 Å². The zero-order chi connectivity index (χ0) is 14.7. The Labute approximate surface area is 138 Å². The molecule has 21 heavy (non-hydrogen) atoms. The van der Waals surface area contributed by atoms with E-state index in [1.54, 1.807) is 0 Å². The van der Waals surface area contributed by atoms with Crippen molar-refractivity contribution in [3.05, 3.63) is 50.1 Å². The molecule has 0 fully saturated rings. The topological polar surface area (TPSA) is 21.3 Å². The van der Waals surface area contributed by atoms with Gasteiger partial charge in [-0.3, -0.25) is 0 Å². The molecule has 2 nitrogen and oxygen atoms in total. The summed E-state index contributed by atoms with van der Waals surface area (Å²) in [6, 6.07) is 11.2. The standard InChI is InChI=1S/C17H20BrNOS/c1-12-4-2-5-14-15(6-3-11-20-17(12)14)19-10-9-13-7-8-16(18)21-13/h2,4-5,7-8,15,19H,3,6,9-11H2,1H3. The van der Waals surface area contributed by atoms with Gasteiger partial charge in [-0.15, -0.1) is 11.3 Å². The number of thiophene rings is 1. The van der Waals surface area contributed by atoms with Gasteiger partial charge < -0.3 is 10.1 Å². The van der Waals surface area contributed by atoms with Crippen LogP contribution < -0.4 is 10.1 Å². The molecule has 0 bridgehead atoms. The highest BCUT2D eigenvalue weighted by Crippen LogP contribution is 2.34. The van der Waals surface area contributed by atoms with Gasteiger partial charge in [-0.1, -0.05) is 18.2 Å². The van der Waals surface area contributed by atoms with Crippen LogP contribution >= 0.6 is 27.3 Å². The van der Waals surface area contributed by atoms with Crippen LogP contribution in [0.15, 0.2) is 34.1 Å². The molecule has 1 atom stereocenters. The average Bonchev–Trinajstić information content (AvgIpc) is 2.77. The number of hydrogen-bond acceptors (Lipinski definition) is 3. The first-order valence-corrected chi connectivity index (χ1v) is 9.05. The van der Waals surface area contributed by atoms with E-state index in [0.717, 1.165) is 38.2 Å². The summed E-state index contributed by atoms with van der Waals surface area (Å²) in [4.78, 5) is 1.42. The summed E-state index contributed by atoms with van der Waals surface area (Å²) in [5.41, 5.74) is 2.56. The molecule has 1 N–H and O–H groups in total. The molecule has 1 aliphatic heterocycles. The molecule has 0 saturated carbocycles. The van der Waals surface area contributed by atoms with Crippen LogP contribution in [-0.2, 0) is 6.42 Å². The number of aryl methyl sites for hydroxylation is 1. The van der Waals surface area contributed by atoms with E-state index in [2.05, 4.69) is 58.5 Å². The minimum atomic E-state index is 0.408. The number of hydrogen-bond donors (Lipinski definition) is 1. The van der Waals surface area contributed by atoms with Gasteiger partial charge in [0.15, 0.2) is 0 Å². The van der Waals surface area contributed by atoms with Gasteiger partial charge in [0.05, 0.1) is 10.4 Å². The molecule has 0 spiro atoms. The average molecular weight is 366 g/mol. The third kappa shape index (κ3) is 3.68. The van der Waals surface area contributed by atoms with Crippen LogP contribution in [0.25, 0.3) is 0 Å². The lowest BCUT2D eigenvalue weighted by Crippen LogP contribution is -2.23. The molecule has 4 heteroatoms. The van der Waals surface area contributed by atoms with E-state index in [-0.39, 0.29) is 0 Å². The predicted octanol–water partition coefficient (Wildman–Crippen LogP) is 4.87. The number of ether oxygens (including phenoxy) is 1. The van der Waals surface area contributed by atoms with Gasteiger partial charge in [-0.05, 0) is 59.8 Å². The molecule has 2 aromatic rings. The fourth-order valence-corrected chi connectivity index (χ4v) is 4.31. The Morgan fingerprint density at radius 3 is 3.05 bits per heavy atom. The molecule has 0 amide bonds. The second kappa shape index (κ2) is 6.95. The lowest BCUT2D eigenvalue weighted by molar-refractivity contribution is 0.313. The molecule has 112 valence electrons. The molecule has 2 heterocycles. The van der Waals surface area contributed by atoms with Crippen molar-refractivity contribution in [1.29, 1.82) is 0 Å². The van der Waals surface area contributed by atoms with Crippen LogP contribution in [0.3, 0.4) is 0 Å². The first kappa shape index (κ1) is 15.1. The number of rotatable bonds is 4. The van der Waals surface area contributed by atoms with E-state index in [4.69, 9.17) is 4.74 Å². The zero-order valence-electron chi connectivity index (χ0n) is 12.2. The predicted molar refractivity (Wildman–Crippen MR) is 92.4 cm³/mol. The molecular formula is C17H20BrNOS. The van der Waals surface area contributed by atoms with E-state index >= 15 is 0 Å². The van der Waals surface area contributed by atoms with Gasteiger partial charge in [-0.25, -0.2) is 0 Å². The summed E-state index contributed by atoms with van der Waals surface area (Å²) < 4.78 is 7.14. The lowest BCUT2D eigenvalue weighted by Gasteiger charge is -2.19. The molecule has 3 rings (SSSR count). The third-order valence-electron chi connectivity index (χ3n) is 3.89. The van der Waals surface area contributed by atoms with Gasteiger partial charge in [-0.2, -0.15) is 0 Å². The lowest BCUT2D eigenvalue weighted by atomic mass is 10.00. The van der Waals surface area contributed by atoms with Crippen molar-refractivity contribution in [3.8, 4) is 5.75 Å². The molecule has 1 aromatic carbocycles. The summed E-state index contributed by atoms with van der Waals surface area (Å²) in [7, 11) is 0. The van der Waals surface area contributed by atoms with Gasteiger partial charge >= 0.3 is 0 Å². The highest BCUT2D eigenvalue weighted by molar-refractivity contribution is 9.11. The quantitative estimate of drug-likeness (QED) is 0.834. The van der Waals surface area contributed by atoms with E-state index in [1.165, 1.54) is 19.8 Å². The third-order valence-corrected chi connectivity index (χ3v) is 5.58. The Kier molecular flexibility index (Phi) is 4.99. The fraction of sp³-hybridized carbons (Fsp3) is 0.412. The SMILES string of the molecule is Cc1cccc2c1OCCCC2NCCc1ccc(Br)s1. The minimum absolute atomic E-state index is 0.408. The molecule has 0 aliphatic carbocycles. The normalized spacial score (nSPS) is 17.9. The zero-order valence-corrected chi connectivity index (χ0v) is 14.6. The van der Waals surface area contributed by atoms with Crippen molar-refractivity contribution in [1.82, 2.24) is 5.32 Å². The van der Waals surface area contributed by atoms with Crippen LogP contribution in [0.2, 0.25) is 0 Å². The van der Waals surface area contributed by atoms with Crippen LogP contribution in [0.1, 0.15) is 34.9 Å². The Balaban J connectivity index is 1.66. The highest BCUT2D eigenvalue weighted by atomic mass is 79.9. The summed E-state index contributed by atoms with van der Waals surface area (Å²) in [6.07, 6.45) is 3.33. The monoisotopic (exact) mass is 365 g/mol. The number of halogens is 1. The maximum atomic E-state index is 5.93. The molecule has 1 unspecified atom stereocenters. The van der Waals surface area contributed by atoms with Crippen LogP contribution in [0, 0.1) is 6.92 Å². The van der Waals surface area contributed by atoms with Crippen molar-refractivity contribution in [2.24, 2.45) is 0 Å². The summed E-state index contributed by atoms with van der Waals surface area (Å²) in [6.45, 7) is 3.96. The van der Waals surface area contributed by atoms with Gasteiger partial charge in [0.1, 0.15) is 5.75 Å². The summed E-state index contributed by atoms with van der Waals surface area (Å²) in [5, 5.41) is 3.71. The molecule has 0 saturated heterocycles. The Morgan fingerprint density at radius 2 is 2.24 bits per heavy atom. The number of benzene rings is 1. The Bertz CT molecular complexity index is 611. The van der Waals surface area contributed by atoms with E-state index in [0.29, 0.717) is 6.04 Å². The van der Waals surface area contributed by atoms with Crippen molar-refractivity contribution in [3.63, 3.8) is 0 Å². The maximum Gasteiger partial charge on any atom is 0.126 e. The van der Waals surface area contributed by atoms with Gasteiger partial charge in [0.25, 0.3) is 0 Å². The van der Waals surface area contributed by atoms with E-state index < -0.39 is 0 Å². The van der Waals surface area contributed by atoms with Crippen molar-refractivity contribution < 1.29 is 4.74 Å². The fourth-order valence-electron chi connectivity index (χ4n) is 2.83. The number of fused-ring (bicyclic) bond motifs is 1. The maximum absolute atomic E-state index is 5.93. The van der Waals surface area contributed by atoms with Crippen LogP contribution in [-0.4, -0.2) is 13.2 Å². The van der Waals surface area contributed by atoms with Crippen LogP contribution in [0.5, 0.6) is 5.75 Å². The van der Waals surface area contributed by atoms with E-state index in [1.807, 2.05) is 11.3 Å². The minimum Gasteiger partial charge on any atom is -0.493 e. The molecular weight excluding hydrogens is 346 g/mol. The van der Waals surface area contributed by atoms with Crippen molar-refractivity contribution in [2.45, 2.75) is 32.2 Å². The molecule has 1 aromatic heterocycles. The van der Waals surface area contributed by atoms with Crippen LogP contribution in [0.4, 0.5) is 0 Å². The second-order valence-corrected chi connectivity index (χ2v) is 7.99. The van der Waals surface area contributed by atoms with Crippen molar-refractivity contribution in [2.75, 3.05) is 13.2 Å².